The van der Waals surface area contributed by atoms with E-state index in [1.165, 1.54) is 16.9 Å². The van der Waals surface area contributed by atoms with Crippen molar-refractivity contribution in [3.63, 3.8) is 0 Å². The number of halogens is 1. The van der Waals surface area contributed by atoms with E-state index < -0.39 is 0 Å². The topological polar surface area (TPSA) is 64.1 Å². The van der Waals surface area contributed by atoms with Gasteiger partial charge in [-0.2, -0.15) is 0 Å². The summed E-state index contributed by atoms with van der Waals surface area (Å²) in [5.41, 5.74) is 1.33. The van der Waals surface area contributed by atoms with Gasteiger partial charge in [0.15, 0.2) is 5.01 Å². The number of hydrogen-bond acceptors (Lipinski definition) is 6. The van der Waals surface area contributed by atoms with Crippen molar-refractivity contribution < 1.29 is 9.53 Å². The Morgan fingerprint density at radius 3 is 2.75 bits per heavy atom. The van der Waals surface area contributed by atoms with E-state index >= 15 is 0 Å². The van der Waals surface area contributed by atoms with E-state index in [0.717, 1.165) is 20.1 Å². The highest BCUT2D eigenvalue weighted by Crippen LogP contribution is 2.32. The van der Waals surface area contributed by atoms with Gasteiger partial charge in [0, 0.05) is 6.42 Å². The molecule has 3 rings (SSSR count). The van der Waals surface area contributed by atoms with Crippen LogP contribution in [0.4, 0.5) is 5.13 Å². The molecule has 0 atom stereocenters. The molecule has 0 spiro atoms. The molecule has 8 heteroatoms. The van der Waals surface area contributed by atoms with E-state index in [4.69, 9.17) is 4.74 Å². The Hall–Kier alpha value is -1.77. The molecule has 5 nitrogen and oxygen atoms in total. The van der Waals surface area contributed by atoms with E-state index in [9.17, 15) is 4.79 Å². The number of benzene rings is 1. The maximum absolute atomic E-state index is 12.1. The van der Waals surface area contributed by atoms with Crippen molar-refractivity contribution in [2.45, 2.75) is 39.0 Å². The maximum atomic E-state index is 12.1. The second kappa shape index (κ2) is 9.15. The first kappa shape index (κ1) is 21.0. The summed E-state index contributed by atoms with van der Waals surface area (Å²) < 4.78 is 6.74. The summed E-state index contributed by atoms with van der Waals surface area (Å²) in [7, 11) is 0. The normalized spacial score (nSPS) is 11.4. The molecule has 1 N–H and O–H groups in total. The summed E-state index contributed by atoms with van der Waals surface area (Å²) in [5, 5.41) is 14.3. The van der Waals surface area contributed by atoms with E-state index in [2.05, 4.69) is 64.3 Å². The molecule has 3 aromatic rings. The van der Waals surface area contributed by atoms with Crippen LogP contribution in [0.1, 0.15) is 39.2 Å². The highest BCUT2D eigenvalue weighted by molar-refractivity contribution is 9.10. The van der Waals surface area contributed by atoms with Crippen LogP contribution < -0.4 is 10.1 Å². The molecular weight excluding hydrogens is 458 g/mol. The van der Waals surface area contributed by atoms with Crippen LogP contribution in [-0.2, 0) is 10.2 Å². The molecule has 0 aliphatic heterocycles. The van der Waals surface area contributed by atoms with E-state index in [1.54, 1.807) is 11.3 Å². The van der Waals surface area contributed by atoms with Crippen LogP contribution in [0.5, 0.6) is 5.75 Å². The molecular formula is C20H22BrN3O2S2. The fourth-order valence-corrected chi connectivity index (χ4v) is 4.50. The van der Waals surface area contributed by atoms with Gasteiger partial charge in [0.1, 0.15) is 5.75 Å². The average Bonchev–Trinajstić information content (AvgIpc) is 3.30. The molecule has 0 aliphatic carbocycles. The van der Waals surface area contributed by atoms with Crippen LogP contribution in [0.3, 0.4) is 0 Å². The van der Waals surface area contributed by atoms with Crippen LogP contribution in [0, 0.1) is 0 Å². The van der Waals surface area contributed by atoms with E-state index in [0.29, 0.717) is 24.6 Å². The molecule has 1 aromatic carbocycles. The monoisotopic (exact) mass is 479 g/mol. The number of carbonyl (C=O) groups is 1. The third-order valence-corrected chi connectivity index (χ3v) is 6.50. The van der Waals surface area contributed by atoms with Crippen LogP contribution in [0.15, 0.2) is 40.2 Å². The lowest BCUT2D eigenvalue weighted by Crippen LogP contribution is -2.13. The first-order valence-electron chi connectivity index (χ1n) is 8.93. The number of nitrogens with zero attached hydrogens (tertiary/aromatic N) is 2. The van der Waals surface area contributed by atoms with Crippen molar-refractivity contribution in [1.29, 1.82) is 0 Å². The van der Waals surface area contributed by atoms with Gasteiger partial charge in [-0.25, -0.2) is 0 Å². The van der Waals surface area contributed by atoms with Gasteiger partial charge in [-0.05, 0) is 56.9 Å². The quantitative estimate of drug-likeness (QED) is 0.414. The summed E-state index contributed by atoms with van der Waals surface area (Å²) in [6.07, 6.45) is 0.988. The summed E-state index contributed by atoms with van der Waals surface area (Å²) in [5.74, 6) is 0.706. The lowest BCUT2D eigenvalue weighted by Gasteiger charge is -2.20. The van der Waals surface area contributed by atoms with Gasteiger partial charge >= 0.3 is 0 Å². The molecule has 0 aliphatic rings. The Kier molecular flexibility index (Phi) is 6.85. The van der Waals surface area contributed by atoms with Crippen molar-refractivity contribution in [3.8, 4) is 15.6 Å². The number of ether oxygens (including phenoxy) is 1. The molecule has 148 valence electrons. The largest absolute Gasteiger partial charge is 0.492 e. The van der Waals surface area contributed by atoms with Gasteiger partial charge < -0.3 is 10.1 Å². The number of hydrogen-bond donors (Lipinski definition) is 1. The lowest BCUT2D eigenvalue weighted by atomic mass is 9.87. The first-order chi connectivity index (χ1) is 13.3. The zero-order valence-corrected chi connectivity index (χ0v) is 19.2. The molecule has 0 saturated heterocycles. The van der Waals surface area contributed by atoms with Crippen molar-refractivity contribution in [3.05, 3.63) is 45.7 Å². The highest BCUT2D eigenvalue weighted by Gasteiger charge is 2.15. The van der Waals surface area contributed by atoms with E-state index in [1.807, 2.05) is 23.6 Å². The minimum atomic E-state index is -0.0837. The Bertz CT molecular complexity index is 933. The fourth-order valence-electron chi connectivity index (χ4n) is 2.45. The SMILES string of the molecule is CC(C)(C)c1ccc(OCCCC(=O)Nc2nnc(-c3cccs3)s2)c(Br)c1. The summed E-state index contributed by atoms with van der Waals surface area (Å²) in [6, 6.07) is 10.1. The van der Waals surface area contributed by atoms with Gasteiger partial charge in [-0.15, -0.1) is 21.5 Å². The molecule has 0 saturated carbocycles. The van der Waals surface area contributed by atoms with Crippen LogP contribution >= 0.6 is 38.6 Å². The fraction of sp³-hybridized carbons (Fsp3) is 0.350. The zero-order valence-electron chi connectivity index (χ0n) is 16.0. The number of anilines is 1. The van der Waals surface area contributed by atoms with Gasteiger partial charge in [0.2, 0.25) is 11.0 Å². The van der Waals surface area contributed by atoms with Crippen LogP contribution in [0.25, 0.3) is 9.88 Å². The smallest absolute Gasteiger partial charge is 0.226 e. The average molecular weight is 480 g/mol. The second-order valence-electron chi connectivity index (χ2n) is 7.29. The minimum absolute atomic E-state index is 0.0837. The van der Waals surface area contributed by atoms with Crippen molar-refractivity contribution in [2.24, 2.45) is 0 Å². The third kappa shape index (κ3) is 5.62. The molecule has 0 fully saturated rings. The molecule has 2 aromatic heterocycles. The van der Waals surface area contributed by atoms with Crippen molar-refractivity contribution in [2.75, 3.05) is 11.9 Å². The Morgan fingerprint density at radius 1 is 1.25 bits per heavy atom. The molecule has 2 heterocycles. The van der Waals surface area contributed by atoms with Crippen LogP contribution in [-0.4, -0.2) is 22.7 Å². The number of amides is 1. The Balaban J connectivity index is 1.43. The van der Waals surface area contributed by atoms with Gasteiger partial charge in [-0.3, -0.25) is 4.79 Å². The number of rotatable bonds is 7. The predicted octanol–water partition coefficient (Wildman–Crippen LogP) is 6.12. The van der Waals surface area contributed by atoms with Crippen molar-refractivity contribution in [1.82, 2.24) is 10.2 Å². The van der Waals surface area contributed by atoms with Gasteiger partial charge in [-0.1, -0.05) is 44.2 Å². The molecule has 0 unspecified atom stereocenters. The molecule has 0 bridgehead atoms. The Morgan fingerprint density at radius 2 is 2.07 bits per heavy atom. The maximum Gasteiger partial charge on any atom is 0.226 e. The van der Waals surface area contributed by atoms with Crippen molar-refractivity contribution >= 4 is 49.6 Å². The minimum Gasteiger partial charge on any atom is -0.492 e. The number of thiophene rings is 1. The lowest BCUT2D eigenvalue weighted by molar-refractivity contribution is -0.116. The predicted molar refractivity (Wildman–Crippen MR) is 119 cm³/mol. The Labute approximate surface area is 181 Å². The van der Waals surface area contributed by atoms with Crippen LogP contribution in [0.2, 0.25) is 0 Å². The summed E-state index contributed by atoms with van der Waals surface area (Å²) >= 11 is 6.55. The third-order valence-electron chi connectivity index (χ3n) is 4.01. The number of carbonyl (C=O) groups excluding carboxylic acids is 1. The highest BCUT2D eigenvalue weighted by atomic mass is 79.9. The second-order valence-corrected chi connectivity index (χ2v) is 10.1. The standard InChI is InChI=1S/C20H22BrN3O2S2/c1-20(2,3)13-8-9-15(14(21)12-13)26-10-4-7-17(25)22-19-24-23-18(28-19)16-6-5-11-27-16/h5-6,8-9,11-12H,4,7,10H2,1-3H3,(H,22,24,25). The van der Waals surface area contributed by atoms with E-state index in [-0.39, 0.29) is 11.3 Å². The first-order valence-corrected chi connectivity index (χ1v) is 11.4. The zero-order chi connectivity index (χ0) is 20.1. The van der Waals surface area contributed by atoms with Gasteiger partial charge in [0.25, 0.3) is 0 Å². The van der Waals surface area contributed by atoms with Gasteiger partial charge in [0.05, 0.1) is 16.0 Å². The summed E-state index contributed by atoms with van der Waals surface area (Å²) in [6.45, 7) is 7.00. The summed E-state index contributed by atoms with van der Waals surface area (Å²) in [4.78, 5) is 13.2. The number of aromatic nitrogens is 2. The molecule has 28 heavy (non-hydrogen) atoms. The number of nitrogens with one attached hydrogen (secondary N) is 1. The molecule has 0 radical (unpaired) electrons. The molecule has 1 amide bonds.